The standard InChI is InChI=1S/C20H27N5O3/c1-14(2)20-23-22-17(28-20)8-9-18(26)25-11-10-24(16(13-25)19(21)27)12-15-6-4-3-5-7-15/h3-7,14,16H,8-13H2,1-2H3,(H2,21,27)/t16-/m0/s1. The highest BCUT2D eigenvalue weighted by Crippen LogP contribution is 2.17. The molecule has 0 bridgehead atoms. The van der Waals surface area contributed by atoms with Gasteiger partial charge in [-0.1, -0.05) is 44.2 Å². The molecule has 8 nitrogen and oxygen atoms in total. The predicted octanol–water partition coefficient (Wildman–Crippen LogP) is 1.32. The van der Waals surface area contributed by atoms with E-state index in [4.69, 9.17) is 10.2 Å². The summed E-state index contributed by atoms with van der Waals surface area (Å²) in [6, 6.07) is 9.44. The third-order valence-electron chi connectivity index (χ3n) is 4.93. The van der Waals surface area contributed by atoms with Crippen LogP contribution in [0.4, 0.5) is 0 Å². The van der Waals surface area contributed by atoms with Crippen LogP contribution in [0.5, 0.6) is 0 Å². The number of carbonyl (C=O) groups excluding carboxylic acids is 2. The first-order chi connectivity index (χ1) is 13.4. The summed E-state index contributed by atoms with van der Waals surface area (Å²) in [7, 11) is 0. The fraction of sp³-hybridized carbons (Fsp3) is 0.500. The first-order valence-electron chi connectivity index (χ1n) is 9.61. The Balaban J connectivity index is 1.56. The molecule has 28 heavy (non-hydrogen) atoms. The summed E-state index contributed by atoms with van der Waals surface area (Å²) in [5.74, 6) is 0.754. The lowest BCUT2D eigenvalue weighted by atomic mass is 10.1. The van der Waals surface area contributed by atoms with E-state index in [1.54, 1.807) is 4.90 Å². The van der Waals surface area contributed by atoms with Crippen LogP contribution in [-0.4, -0.2) is 57.5 Å². The van der Waals surface area contributed by atoms with Crippen molar-refractivity contribution in [1.29, 1.82) is 0 Å². The Morgan fingerprint density at radius 2 is 1.96 bits per heavy atom. The van der Waals surface area contributed by atoms with Crippen molar-refractivity contribution >= 4 is 11.8 Å². The summed E-state index contributed by atoms with van der Waals surface area (Å²) >= 11 is 0. The molecule has 150 valence electrons. The van der Waals surface area contributed by atoms with Gasteiger partial charge in [0.1, 0.15) is 6.04 Å². The average Bonchev–Trinajstić information content (AvgIpc) is 3.16. The van der Waals surface area contributed by atoms with Gasteiger partial charge in [0.25, 0.3) is 0 Å². The van der Waals surface area contributed by atoms with Crippen molar-refractivity contribution in [1.82, 2.24) is 20.0 Å². The molecule has 1 aliphatic heterocycles. The summed E-state index contributed by atoms with van der Waals surface area (Å²) in [6.07, 6.45) is 0.661. The molecule has 2 amide bonds. The molecular formula is C20H27N5O3. The minimum Gasteiger partial charge on any atom is -0.425 e. The number of carbonyl (C=O) groups is 2. The highest BCUT2D eigenvalue weighted by atomic mass is 16.4. The molecule has 0 radical (unpaired) electrons. The molecule has 1 atom stereocenters. The van der Waals surface area contributed by atoms with E-state index in [1.807, 2.05) is 49.1 Å². The number of primary amides is 1. The van der Waals surface area contributed by atoms with E-state index in [-0.39, 0.29) is 18.2 Å². The number of piperazine rings is 1. The number of hydrogen-bond donors (Lipinski definition) is 1. The van der Waals surface area contributed by atoms with Crippen LogP contribution >= 0.6 is 0 Å². The Morgan fingerprint density at radius 3 is 2.61 bits per heavy atom. The molecular weight excluding hydrogens is 358 g/mol. The number of rotatable bonds is 7. The quantitative estimate of drug-likeness (QED) is 0.771. The molecule has 0 saturated carbocycles. The van der Waals surface area contributed by atoms with Gasteiger partial charge in [0.15, 0.2) is 0 Å². The van der Waals surface area contributed by atoms with Gasteiger partial charge >= 0.3 is 0 Å². The van der Waals surface area contributed by atoms with Gasteiger partial charge in [-0.05, 0) is 5.56 Å². The van der Waals surface area contributed by atoms with E-state index in [2.05, 4.69) is 10.2 Å². The van der Waals surface area contributed by atoms with Crippen molar-refractivity contribution < 1.29 is 14.0 Å². The van der Waals surface area contributed by atoms with Crippen LogP contribution < -0.4 is 5.73 Å². The lowest BCUT2D eigenvalue weighted by Crippen LogP contribution is -2.58. The van der Waals surface area contributed by atoms with Crippen molar-refractivity contribution in [2.75, 3.05) is 19.6 Å². The number of hydrogen-bond acceptors (Lipinski definition) is 6. The van der Waals surface area contributed by atoms with Crippen molar-refractivity contribution in [3.05, 3.63) is 47.7 Å². The summed E-state index contributed by atoms with van der Waals surface area (Å²) in [5, 5.41) is 7.97. The van der Waals surface area contributed by atoms with Gasteiger partial charge < -0.3 is 15.1 Å². The van der Waals surface area contributed by atoms with Gasteiger partial charge in [0, 0.05) is 44.9 Å². The molecule has 2 aromatic rings. The van der Waals surface area contributed by atoms with E-state index >= 15 is 0 Å². The second kappa shape index (κ2) is 8.97. The fourth-order valence-corrected chi connectivity index (χ4v) is 3.30. The van der Waals surface area contributed by atoms with Crippen LogP contribution in [0, 0.1) is 0 Å². The van der Waals surface area contributed by atoms with Crippen LogP contribution in [0.3, 0.4) is 0 Å². The zero-order valence-electron chi connectivity index (χ0n) is 16.4. The second-order valence-corrected chi connectivity index (χ2v) is 7.40. The minimum absolute atomic E-state index is 0.0325. The van der Waals surface area contributed by atoms with Crippen molar-refractivity contribution in [3.63, 3.8) is 0 Å². The van der Waals surface area contributed by atoms with Crippen molar-refractivity contribution in [2.45, 2.75) is 45.2 Å². The largest absolute Gasteiger partial charge is 0.425 e. The molecule has 1 saturated heterocycles. The Kier molecular flexibility index (Phi) is 6.41. The molecule has 3 rings (SSSR count). The predicted molar refractivity (Wildman–Crippen MR) is 103 cm³/mol. The Bertz CT molecular complexity index is 805. The minimum atomic E-state index is -0.492. The van der Waals surface area contributed by atoms with E-state index in [1.165, 1.54) is 0 Å². The fourth-order valence-electron chi connectivity index (χ4n) is 3.30. The Hall–Kier alpha value is -2.74. The lowest BCUT2D eigenvalue weighted by molar-refractivity contribution is -0.137. The number of aromatic nitrogens is 2. The summed E-state index contributed by atoms with van der Waals surface area (Å²) < 4.78 is 5.55. The highest BCUT2D eigenvalue weighted by Gasteiger charge is 2.33. The number of benzene rings is 1. The van der Waals surface area contributed by atoms with Gasteiger partial charge in [-0.3, -0.25) is 14.5 Å². The van der Waals surface area contributed by atoms with Crippen LogP contribution in [-0.2, 0) is 22.6 Å². The number of amides is 2. The Labute approximate surface area is 164 Å². The molecule has 0 unspecified atom stereocenters. The third-order valence-corrected chi connectivity index (χ3v) is 4.93. The monoisotopic (exact) mass is 385 g/mol. The van der Waals surface area contributed by atoms with Crippen molar-refractivity contribution in [3.8, 4) is 0 Å². The van der Waals surface area contributed by atoms with Crippen LogP contribution in [0.2, 0.25) is 0 Å². The van der Waals surface area contributed by atoms with Crippen LogP contribution in [0.15, 0.2) is 34.7 Å². The average molecular weight is 385 g/mol. The smallest absolute Gasteiger partial charge is 0.236 e. The van der Waals surface area contributed by atoms with Crippen molar-refractivity contribution in [2.24, 2.45) is 5.73 Å². The zero-order chi connectivity index (χ0) is 20.1. The zero-order valence-corrected chi connectivity index (χ0v) is 16.4. The summed E-state index contributed by atoms with van der Waals surface area (Å²) in [6.45, 7) is 6.06. The van der Waals surface area contributed by atoms with E-state index in [9.17, 15) is 9.59 Å². The highest BCUT2D eigenvalue weighted by molar-refractivity contribution is 5.82. The van der Waals surface area contributed by atoms with Crippen LogP contribution in [0.1, 0.15) is 43.5 Å². The number of nitrogens with two attached hydrogens (primary N) is 1. The molecule has 8 heteroatoms. The first-order valence-corrected chi connectivity index (χ1v) is 9.61. The molecule has 0 aliphatic carbocycles. The second-order valence-electron chi connectivity index (χ2n) is 7.40. The van der Waals surface area contributed by atoms with Gasteiger partial charge in [0.05, 0.1) is 0 Å². The van der Waals surface area contributed by atoms with Gasteiger partial charge in [-0.2, -0.15) is 0 Å². The van der Waals surface area contributed by atoms with E-state index < -0.39 is 11.9 Å². The molecule has 1 aromatic carbocycles. The van der Waals surface area contributed by atoms with Gasteiger partial charge in [-0.15, -0.1) is 10.2 Å². The lowest BCUT2D eigenvalue weighted by Gasteiger charge is -2.40. The molecule has 1 aliphatic rings. The maximum Gasteiger partial charge on any atom is 0.236 e. The number of aryl methyl sites for hydroxylation is 1. The molecule has 1 aromatic heterocycles. The van der Waals surface area contributed by atoms with E-state index in [0.717, 1.165) is 5.56 Å². The summed E-state index contributed by atoms with van der Waals surface area (Å²) in [5.41, 5.74) is 6.73. The third kappa shape index (κ3) is 4.95. The number of nitrogens with zero attached hydrogens (tertiary/aromatic N) is 4. The van der Waals surface area contributed by atoms with E-state index in [0.29, 0.717) is 44.4 Å². The maximum atomic E-state index is 12.6. The molecule has 1 fully saturated rings. The summed E-state index contributed by atoms with van der Waals surface area (Å²) in [4.78, 5) is 28.3. The topological polar surface area (TPSA) is 106 Å². The Morgan fingerprint density at radius 1 is 1.21 bits per heavy atom. The maximum absolute atomic E-state index is 12.6. The SMILES string of the molecule is CC(C)c1nnc(CCC(=O)N2CCN(Cc3ccccc3)[C@H](C(N)=O)C2)o1. The normalized spacial score (nSPS) is 17.8. The first kappa shape index (κ1) is 20.0. The van der Waals surface area contributed by atoms with Crippen LogP contribution in [0.25, 0.3) is 0 Å². The molecule has 2 N–H and O–H groups in total. The molecule has 2 heterocycles. The van der Waals surface area contributed by atoms with Gasteiger partial charge in [-0.25, -0.2) is 0 Å². The van der Waals surface area contributed by atoms with Gasteiger partial charge in [0.2, 0.25) is 23.6 Å². The molecule has 0 spiro atoms.